The van der Waals surface area contributed by atoms with Crippen molar-refractivity contribution in [3.05, 3.63) is 59.5 Å². The first kappa shape index (κ1) is 17.0. The zero-order valence-corrected chi connectivity index (χ0v) is 14.5. The maximum Gasteiger partial charge on any atom is 0.220 e. The van der Waals surface area contributed by atoms with Gasteiger partial charge in [-0.05, 0) is 37.6 Å². The fraction of sp³-hybridized carbons (Fsp3) is 0.300. The molecule has 0 saturated carbocycles. The molecule has 0 radical (unpaired) electrons. The third-order valence-electron chi connectivity index (χ3n) is 3.92. The topological polar surface area (TPSA) is 64.4 Å². The average Bonchev–Trinajstić information content (AvgIpc) is 3.01. The smallest absolute Gasteiger partial charge is 0.220 e. The van der Waals surface area contributed by atoms with Crippen LogP contribution < -0.4 is 10.1 Å². The van der Waals surface area contributed by atoms with Gasteiger partial charge in [0.25, 0.3) is 0 Å². The number of nitrogens with one attached hydrogen (secondary N) is 1. The highest BCUT2D eigenvalue weighted by atomic mass is 16.5. The Bertz CT molecular complexity index is 837. The normalized spacial score (nSPS) is 10.8. The van der Waals surface area contributed by atoms with Crippen molar-refractivity contribution in [1.82, 2.24) is 10.3 Å². The number of fused-ring (bicyclic) bond motifs is 1. The van der Waals surface area contributed by atoms with Gasteiger partial charge in [0.15, 0.2) is 11.5 Å². The van der Waals surface area contributed by atoms with Crippen molar-refractivity contribution in [3.8, 4) is 5.75 Å². The zero-order valence-electron chi connectivity index (χ0n) is 14.5. The van der Waals surface area contributed by atoms with Crippen molar-refractivity contribution in [2.75, 3.05) is 13.2 Å². The number of carbonyl (C=O) groups excluding carboxylic acids is 1. The molecule has 0 unspecified atom stereocenters. The minimum Gasteiger partial charge on any atom is -0.491 e. The van der Waals surface area contributed by atoms with Crippen LogP contribution in [0.5, 0.6) is 5.75 Å². The monoisotopic (exact) mass is 338 g/mol. The van der Waals surface area contributed by atoms with Crippen LogP contribution in [0.1, 0.15) is 23.4 Å². The lowest BCUT2D eigenvalue weighted by atomic mass is 10.1. The molecule has 1 N–H and O–H groups in total. The van der Waals surface area contributed by atoms with E-state index in [1.165, 1.54) is 5.56 Å². The summed E-state index contributed by atoms with van der Waals surface area (Å²) in [6, 6.07) is 13.6. The fourth-order valence-corrected chi connectivity index (χ4v) is 2.65. The molecule has 1 heterocycles. The van der Waals surface area contributed by atoms with Crippen LogP contribution in [-0.4, -0.2) is 24.0 Å². The van der Waals surface area contributed by atoms with Gasteiger partial charge >= 0.3 is 0 Å². The summed E-state index contributed by atoms with van der Waals surface area (Å²) in [6.07, 6.45) is 0.828. The minimum atomic E-state index is -0.0357. The summed E-state index contributed by atoms with van der Waals surface area (Å²) in [6.45, 7) is 4.98. The van der Waals surface area contributed by atoms with E-state index in [4.69, 9.17) is 9.15 Å². The molecule has 0 atom stereocenters. The summed E-state index contributed by atoms with van der Waals surface area (Å²) < 4.78 is 11.3. The number of rotatable bonds is 7. The second-order valence-corrected chi connectivity index (χ2v) is 6.04. The molecular formula is C20H22N2O3. The first-order valence-corrected chi connectivity index (χ1v) is 8.43. The van der Waals surface area contributed by atoms with E-state index in [1.54, 1.807) is 0 Å². The third-order valence-corrected chi connectivity index (χ3v) is 3.92. The molecule has 0 bridgehead atoms. The van der Waals surface area contributed by atoms with Crippen LogP contribution in [0.4, 0.5) is 0 Å². The van der Waals surface area contributed by atoms with Crippen molar-refractivity contribution in [2.24, 2.45) is 0 Å². The van der Waals surface area contributed by atoms with Gasteiger partial charge in [-0.1, -0.05) is 29.8 Å². The number of carbonyl (C=O) groups is 1. The first-order valence-electron chi connectivity index (χ1n) is 8.43. The van der Waals surface area contributed by atoms with E-state index in [0.717, 1.165) is 22.4 Å². The second-order valence-electron chi connectivity index (χ2n) is 6.04. The van der Waals surface area contributed by atoms with Crippen molar-refractivity contribution < 1.29 is 13.9 Å². The summed E-state index contributed by atoms with van der Waals surface area (Å²) in [4.78, 5) is 16.3. The molecular weight excluding hydrogens is 316 g/mol. The lowest BCUT2D eigenvalue weighted by molar-refractivity contribution is -0.121. The van der Waals surface area contributed by atoms with Gasteiger partial charge < -0.3 is 14.5 Å². The lowest BCUT2D eigenvalue weighted by Crippen LogP contribution is -2.28. The number of hydrogen-bond acceptors (Lipinski definition) is 4. The Morgan fingerprint density at radius 2 is 2.04 bits per heavy atom. The number of para-hydroxylation sites is 2. The van der Waals surface area contributed by atoms with E-state index < -0.39 is 0 Å². The highest BCUT2D eigenvalue weighted by molar-refractivity contribution is 5.76. The van der Waals surface area contributed by atoms with Crippen molar-refractivity contribution in [2.45, 2.75) is 26.7 Å². The molecule has 5 nitrogen and oxygen atoms in total. The van der Waals surface area contributed by atoms with Gasteiger partial charge in [0, 0.05) is 12.8 Å². The summed E-state index contributed by atoms with van der Waals surface area (Å²) in [7, 11) is 0. The maximum absolute atomic E-state index is 11.9. The summed E-state index contributed by atoms with van der Waals surface area (Å²) >= 11 is 0. The number of nitrogens with zero attached hydrogens (tertiary/aromatic N) is 1. The van der Waals surface area contributed by atoms with Gasteiger partial charge in [0.2, 0.25) is 5.91 Å². The summed E-state index contributed by atoms with van der Waals surface area (Å²) in [5.41, 5.74) is 3.87. The standard InChI is InChI=1S/C20H22N2O3/c1-14-7-8-17(15(2)13-14)24-12-11-21-19(23)9-10-20-22-16-5-3-4-6-18(16)25-20/h3-8,13H,9-12H2,1-2H3,(H,21,23). The SMILES string of the molecule is Cc1ccc(OCCNC(=O)CCc2nc3ccccc3o2)c(C)c1. The molecule has 0 aliphatic carbocycles. The molecule has 0 aliphatic heterocycles. The minimum absolute atomic E-state index is 0.0357. The highest BCUT2D eigenvalue weighted by Gasteiger charge is 2.08. The summed E-state index contributed by atoms with van der Waals surface area (Å²) in [5, 5.41) is 2.85. The van der Waals surface area contributed by atoms with Crippen LogP contribution in [-0.2, 0) is 11.2 Å². The Balaban J connectivity index is 1.39. The van der Waals surface area contributed by atoms with Gasteiger partial charge in [-0.3, -0.25) is 4.79 Å². The molecule has 0 fully saturated rings. The Morgan fingerprint density at radius 3 is 2.84 bits per heavy atom. The summed E-state index contributed by atoms with van der Waals surface area (Å²) in [5.74, 6) is 1.40. The van der Waals surface area contributed by atoms with E-state index in [1.807, 2.05) is 50.2 Å². The molecule has 1 aromatic heterocycles. The van der Waals surface area contributed by atoms with Gasteiger partial charge in [0.1, 0.15) is 17.9 Å². The van der Waals surface area contributed by atoms with Crippen LogP contribution in [0.25, 0.3) is 11.1 Å². The van der Waals surface area contributed by atoms with E-state index in [2.05, 4.69) is 16.4 Å². The maximum atomic E-state index is 11.9. The zero-order chi connectivity index (χ0) is 17.6. The van der Waals surface area contributed by atoms with Crippen LogP contribution >= 0.6 is 0 Å². The Kier molecular flexibility index (Phi) is 5.33. The van der Waals surface area contributed by atoms with E-state index >= 15 is 0 Å². The first-order chi connectivity index (χ1) is 12.1. The Morgan fingerprint density at radius 1 is 1.20 bits per heavy atom. The number of benzene rings is 2. The van der Waals surface area contributed by atoms with Crippen molar-refractivity contribution in [3.63, 3.8) is 0 Å². The third kappa shape index (κ3) is 4.59. The van der Waals surface area contributed by atoms with Crippen LogP contribution in [0.15, 0.2) is 46.9 Å². The molecule has 5 heteroatoms. The quantitative estimate of drug-likeness (QED) is 0.669. The van der Waals surface area contributed by atoms with Crippen LogP contribution in [0.3, 0.4) is 0 Å². The van der Waals surface area contributed by atoms with Crippen LogP contribution in [0.2, 0.25) is 0 Å². The second kappa shape index (κ2) is 7.83. The molecule has 130 valence electrons. The Hall–Kier alpha value is -2.82. The van der Waals surface area contributed by atoms with Crippen molar-refractivity contribution >= 4 is 17.0 Å². The molecule has 3 rings (SSSR count). The number of hydrogen-bond donors (Lipinski definition) is 1. The fourth-order valence-electron chi connectivity index (χ4n) is 2.65. The molecule has 0 aliphatic rings. The molecule has 3 aromatic rings. The number of oxazole rings is 1. The lowest BCUT2D eigenvalue weighted by Gasteiger charge is -2.10. The van der Waals surface area contributed by atoms with Crippen molar-refractivity contribution in [1.29, 1.82) is 0 Å². The van der Waals surface area contributed by atoms with E-state index in [0.29, 0.717) is 31.9 Å². The van der Waals surface area contributed by atoms with Gasteiger partial charge in [-0.15, -0.1) is 0 Å². The Labute approximate surface area is 147 Å². The molecule has 25 heavy (non-hydrogen) atoms. The number of aromatic nitrogens is 1. The number of ether oxygens (including phenoxy) is 1. The van der Waals surface area contributed by atoms with Crippen LogP contribution in [0, 0.1) is 13.8 Å². The molecule has 0 spiro atoms. The molecule has 1 amide bonds. The van der Waals surface area contributed by atoms with Gasteiger partial charge in [-0.2, -0.15) is 0 Å². The average molecular weight is 338 g/mol. The van der Waals surface area contributed by atoms with E-state index in [-0.39, 0.29) is 5.91 Å². The highest BCUT2D eigenvalue weighted by Crippen LogP contribution is 2.18. The molecule has 2 aromatic carbocycles. The van der Waals surface area contributed by atoms with E-state index in [9.17, 15) is 4.79 Å². The molecule has 0 saturated heterocycles. The van der Waals surface area contributed by atoms with Gasteiger partial charge in [0.05, 0.1) is 6.54 Å². The largest absolute Gasteiger partial charge is 0.491 e. The van der Waals surface area contributed by atoms with Gasteiger partial charge in [-0.25, -0.2) is 4.98 Å². The number of aryl methyl sites for hydroxylation is 3. The predicted octanol–water partition coefficient (Wildman–Crippen LogP) is 3.57. The predicted molar refractivity (Wildman–Crippen MR) is 96.8 cm³/mol. The number of amides is 1.